The van der Waals surface area contributed by atoms with E-state index in [-0.39, 0.29) is 35.9 Å². The molecule has 7 heteroatoms. The first-order valence-corrected chi connectivity index (χ1v) is 8.67. The van der Waals surface area contributed by atoms with Gasteiger partial charge >= 0.3 is 0 Å². The van der Waals surface area contributed by atoms with Crippen LogP contribution in [-0.2, 0) is 11.2 Å². The van der Waals surface area contributed by atoms with Crippen molar-refractivity contribution >= 4 is 5.91 Å². The van der Waals surface area contributed by atoms with Crippen molar-refractivity contribution in [2.24, 2.45) is 11.7 Å². The number of benzene rings is 1. The molecule has 4 nitrogen and oxygen atoms in total. The van der Waals surface area contributed by atoms with Gasteiger partial charge in [0.2, 0.25) is 0 Å². The first kappa shape index (κ1) is 18.2. The first-order valence-electron chi connectivity index (χ1n) is 8.67. The van der Waals surface area contributed by atoms with Crippen molar-refractivity contribution in [1.29, 1.82) is 0 Å². The van der Waals surface area contributed by atoms with Crippen LogP contribution < -0.4 is 5.73 Å². The Kier molecular flexibility index (Phi) is 5.06. The molecule has 2 bridgehead atoms. The van der Waals surface area contributed by atoms with Crippen LogP contribution in [-0.4, -0.2) is 40.1 Å². The van der Waals surface area contributed by atoms with Crippen molar-refractivity contribution in [2.75, 3.05) is 0 Å². The molecule has 0 saturated carbocycles. The Labute approximate surface area is 144 Å². The zero-order valence-electron chi connectivity index (χ0n) is 14.1. The molecule has 2 fully saturated rings. The quantitative estimate of drug-likeness (QED) is 0.812. The summed E-state index contributed by atoms with van der Waals surface area (Å²) in [4.78, 5) is 13.9. The van der Waals surface area contributed by atoms with Crippen LogP contribution in [0.2, 0.25) is 0 Å². The summed E-state index contributed by atoms with van der Waals surface area (Å²) in [5, 5.41) is 9.56. The van der Waals surface area contributed by atoms with Gasteiger partial charge in [0.25, 0.3) is 5.91 Å². The lowest BCUT2D eigenvalue weighted by Crippen LogP contribution is -2.52. The summed E-state index contributed by atoms with van der Waals surface area (Å²) in [6, 6.07) is 1.08. The number of aliphatic hydroxyl groups is 1. The van der Waals surface area contributed by atoms with Gasteiger partial charge in [0.1, 0.15) is 11.9 Å². The lowest BCUT2D eigenvalue weighted by molar-refractivity contribution is -0.144. The molecule has 2 saturated heterocycles. The van der Waals surface area contributed by atoms with Crippen LogP contribution in [0.15, 0.2) is 12.1 Å². The highest BCUT2D eigenvalue weighted by molar-refractivity contribution is 5.81. The van der Waals surface area contributed by atoms with Crippen LogP contribution in [0.5, 0.6) is 0 Å². The number of piperidine rings is 1. The van der Waals surface area contributed by atoms with E-state index in [9.17, 15) is 23.1 Å². The monoisotopic (exact) mass is 356 g/mol. The standard InChI is InChI=1S/C18H23F3N2O2/c1-9(24)18(25)23-12-2-3-13(23)5-11(4-12)17(22)7-10-6-15(20)16(21)8-14(10)19/h6,8-9,11-13,17,24H,2-5,7,22H2,1H3/t9-,11?,12-,13+,17+/m0/s1. The number of hydrogen-bond donors (Lipinski definition) is 2. The smallest absolute Gasteiger partial charge is 0.251 e. The van der Waals surface area contributed by atoms with E-state index >= 15 is 0 Å². The highest BCUT2D eigenvalue weighted by atomic mass is 19.2. The zero-order valence-corrected chi connectivity index (χ0v) is 14.1. The van der Waals surface area contributed by atoms with Crippen LogP contribution in [0.3, 0.4) is 0 Å². The molecule has 2 aliphatic rings. The van der Waals surface area contributed by atoms with Crippen LogP contribution in [0, 0.1) is 23.4 Å². The van der Waals surface area contributed by atoms with Crippen molar-refractivity contribution in [3.05, 3.63) is 35.1 Å². The maximum Gasteiger partial charge on any atom is 0.251 e. The Morgan fingerprint density at radius 1 is 1.20 bits per heavy atom. The van der Waals surface area contributed by atoms with Gasteiger partial charge in [-0.25, -0.2) is 13.2 Å². The third kappa shape index (κ3) is 3.53. The molecular formula is C18H23F3N2O2. The summed E-state index contributed by atoms with van der Waals surface area (Å²) in [5.74, 6) is -3.27. The number of hydrogen-bond acceptors (Lipinski definition) is 3. The number of halogens is 3. The van der Waals surface area contributed by atoms with E-state index in [1.54, 1.807) is 4.90 Å². The Morgan fingerprint density at radius 3 is 2.32 bits per heavy atom. The minimum Gasteiger partial charge on any atom is -0.384 e. The molecule has 1 aromatic carbocycles. The summed E-state index contributed by atoms with van der Waals surface area (Å²) >= 11 is 0. The Bertz CT molecular complexity index is 654. The molecular weight excluding hydrogens is 333 g/mol. The number of aliphatic hydroxyl groups excluding tert-OH is 1. The Morgan fingerprint density at radius 2 is 1.76 bits per heavy atom. The fourth-order valence-corrected chi connectivity index (χ4v) is 4.29. The normalized spacial score (nSPS) is 28.1. The van der Waals surface area contributed by atoms with E-state index in [1.807, 2.05) is 0 Å². The van der Waals surface area contributed by atoms with Gasteiger partial charge in [-0.15, -0.1) is 0 Å². The van der Waals surface area contributed by atoms with Crippen molar-refractivity contribution < 1.29 is 23.1 Å². The number of rotatable bonds is 4. The summed E-state index contributed by atoms with van der Waals surface area (Å²) in [6.45, 7) is 1.46. The number of carbonyl (C=O) groups excluding carboxylic acids is 1. The number of nitrogens with two attached hydrogens (primary N) is 1. The molecule has 138 valence electrons. The van der Waals surface area contributed by atoms with Gasteiger partial charge in [0, 0.05) is 24.2 Å². The van der Waals surface area contributed by atoms with Gasteiger partial charge in [-0.2, -0.15) is 0 Å². The van der Waals surface area contributed by atoms with Crippen LogP contribution in [0.4, 0.5) is 13.2 Å². The molecule has 0 aromatic heterocycles. The molecule has 0 aliphatic carbocycles. The van der Waals surface area contributed by atoms with E-state index in [4.69, 9.17) is 5.73 Å². The molecule has 0 spiro atoms. The number of fused-ring (bicyclic) bond motifs is 2. The first-order chi connectivity index (χ1) is 11.8. The van der Waals surface area contributed by atoms with Gasteiger partial charge in [-0.1, -0.05) is 0 Å². The molecule has 25 heavy (non-hydrogen) atoms. The van der Waals surface area contributed by atoms with Crippen LogP contribution >= 0.6 is 0 Å². The fourth-order valence-electron chi connectivity index (χ4n) is 4.29. The second kappa shape index (κ2) is 6.96. The van der Waals surface area contributed by atoms with Gasteiger partial charge in [-0.05, 0) is 56.6 Å². The van der Waals surface area contributed by atoms with Crippen LogP contribution in [0.25, 0.3) is 0 Å². The molecule has 1 aromatic rings. The Hall–Kier alpha value is -1.60. The molecule has 0 radical (unpaired) electrons. The highest BCUT2D eigenvalue weighted by Crippen LogP contribution is 2.40. The lowest BCUT2D eigenvalue weighted by Gasteiger charge is -2.41. The topological polar surface area (TPSA) is 66.6 Å². The lowest BCUT2D eigenvalue weighted by atomic mass is 9.82. The molecule has 2 aliphatic heterocycles. The largest absolute Gasteiger partial charge is 0.384 e. The zero-order chi connectivity index (χ0) is 18.3. The predicted molar refractivity (Wildman–Crippen MR) is 86.1 cm³/mol. The highest BCUT2D eigenvalue weighted by Gasteiger charge is 2.45. The van der Waals surface area contributed by atoms with Crippen molar-refractivity contribution in [2.45, 2.75) is 63.3 Å². The average molecular weight is 356 g/mol. The van der Waals surface area contributed by atoms with E-state index in [2.05, 4.69) is 0 Å². The van der Waals surface area contributed by atoms with E-state index < -0.39 is 29.6 Å². The van der Waals surface area contributed by atoms with Gasteiger partial charge in [0.05, 0.1) is 0 Å². The summed E-state index contributed by atoms with van der Waals surface area (Å²) in [7, 11) is 0. The predicted octanol–water partition coefficient (Wildman–Crippen LogP) is 2.12. The van der Waals surface area contributed by atoms with Gasteiger partial charge in [0.15, 0.2) is 11.6 Å². The number of nitrogens with zero attached hydrogens (tertiary/aromatic N) is 1. The van der Waals surface area contributed by atoms with Crippen molar-refractivity contribution in [1.82, 2.24) is 4.90 Å². The maximum absolute atomic E-state index is 13.8. The molecule has 5 atom stereocenters. The average Bonchev–Trinajstić information content (AvgIpc) is 2.80. The summed E-state index contributed by atoms with van der Waals surface area (Å²) < 4.78 is 40.2. The minimum atomic E-state index is -1.21. The third-order valence-corrected chi connectivity index (χ3v) is 5.53. The van der Waals surface area contributed by atoms with E-state index in [0.29, 0.717) is 18.9 Å². The van der Waals surface area contributed by atoms with E-state index in [0.717, 1.165) is 18.9 Å². The second-order valence-corrected chi connectivity index (χ2v) is 7.26. The van der Waals surface area contributed by atoms with E-state index in [1.165, 1.54) is 6.92 Å². The number of carbonyl (C=O) groups is 1. The van der Waals surface area contributed by atoms with Crippen molar-refractivity contribution in [3.63, 3.8) is 0 Å². The van der Waals surface area contributed by atoms with Crippen LogP contribution in [0.1, 0.15) is 38.2 Å². The Balaban J connectivity index is 1.69. The molecule has 3 N–H and O–H groups in total. The third-order valence-electron chi connectivity index (χ3n) is 5.53. The summed E-state index contributed by atoms with van der Waals surface area (Å²) in [6.07, 6.45) is 2.20. The SMILES string of the molecule is C[C@H](O)C(=O)N1[C@@H]2CC[C@H]1CC([C@H](N)Cc1cc(F)c(F)cc1F)C2. The van der Waals surface area contributed by atoms with Gasteiger partial charge in [-0.3, -0.25) is 4.79 Å². The van der Waals surface area contributed by atoms with Gasteiger partial charge < -0.3 is 15.7 Å². The number of amides is 1. The maximum atomic E-state index is 13.8. The molecule has 3 rings (SSSR count). The van der Waals surface area contributed by atoms with Crippen molar-refractivity contribution in [3.8, 4) is 0 Å². The molecule has 1 amide bonds. The molecule has 2 heterocycles. The molecule has 1 unspecified atom stereocenters. The fraction of sp³-hybridized carbons (Fsp3) is 0.611. The second-order valence-electron chi connectivity index (χ2n) is 7.26. The summed E-state index contributed by atoms with van der Waals surface area (Å²) in [5.41, 5.74) is 6.31. The minimum absolute atomic E-state index is 0.0340.